The Kier molecular flexibility index (Phi) is 6.94. The molecule has 2 heterocycles. The summed E-state index contributed by atoms with van der Waals surface area (Å²) in [6.45, 7) is 4.07. The van der Waals surface area contributed by atoms with Crippen LogP contribution in [0.5, 0.6) is 5.75 Å². The Morgan fingerprint density at radius 2 is 2.03 bits per heavy atom. The first-order valence-corrected chi connectivity index (χ1v) is 10.6. The highest BCUT2D eigenvalue weighted by molar-refractivity contribution is 5.78. The van der Waals surface area contributed by atoms with Crippen LogP contribution in [0, 0.1) is 6.92 Å². The molecule has 1 aliphatic rings. The molecule has 31 heavy (non-hydrogen) atoms. The first-order chi connectivity index (χ1) is 15.2. The van der Waals surface area contributed by atoms with E-state index in [0.29, 0.717) is 30.6 Å². The Balaban J connectivity index is 1.26. The number of carbonyl (C=O) groups excluding carboxylic acids is 1. The van der Waals surface area contributed by atoms with Gasteiger partial charge in [-0.1, -0.05) is 47.6 Å². The van der Waals surface area contributed by atoms with Crippen molar-refractivity contribution >= 4 is 5.91 Å². The van der Waals surface area contributed by atoms with Gasteiger partial charge in [0.1, 0.15) is 12.4 Å². The van der Waals surface area contributed by atoms with Crippen molar-refractivity contribution in [2.75, 3.05) is 19.7 Å². The van der Waals surface area contributed by atoms with E-state index in [4.69, 9.17) is 14.0 Å². The molecule has 7 heteroatoms. The summed E-state index contributed by atoms with van der Waals surface area (Å²) in [6, 6.07) is 17.6. The van der Waals surface area contributed by atoms with E-state index in [0.717, 1.165) is 30.5 Å². The molecule has 162 valence electrons. The molecule has 0 spiro atoms. The molecule has 0 radical (unpaired) electrons. The van der Waals surface area contributed by atoms with Crippen LogP contribution >= 0.6 is 0 Å². The molecule has 1 unspecified atom stereocenters. The van der Waals surface area contributed by atoms with Crippen molar-refractivity contribution in [3.8, 4) is 5.75 Å². The molecule has 3 aromatic rings. The van der Waals surface area contributed by atoms with Gasteiger partial charge in [0, 0.05) is 19.0 Å². The number of hydrogen-bond acceptors (Lipinski definition) is 6. The second-order valence-corrected chi connectivity index (χ2v) is 7.81. The van der Waals surface area contributed by atoms with Crippen molar-refractivity contribution in [1.29, 1.82) is 0 Å². The molecule has 1 saturated heterocycles. The van der Waals surface area contributed by atoms with E-state index in [9.17, 15) is 4.79 Å². The number of ether oxygens (including phenoxy) is 2. The molecular formula is C24H27N3O4. The van der Waals surface area contributed by atoms with Crippen LogP contribution < -0.4 is 4.74 Å². The molecule has 0 aliphatic carbocycles. The molecule has 0 saturated carbocycles. The van der Waals surface area contributed by atoms with Gasteiger partial charge in [0.2, 0.25) is 0 Å². The minimum atomic E-state index is -0.0267. The average molecular weight is 421 g/mol. The van der Waals surface area contributed by atoms with Gasteiger partial charge in [0.15, 0.2) is 12.4 Å². The second kappa shape index (κ2) is 10.2. The van der Waals surface area contributed by atoms with Crippen LogP contribution in [-0.4, -0.2) is 40.6 Å². The molecule has 4 rings (SSSR count). The second-order valence-electron chi connectivity index (χ2n) is 7.81. The zero-order valence-electron chi connectivity index (χ0n) is 17.7. The van der Waals surface area contributed by atoms with E-state index in [-0.39, 0.29) is 25.0 Å². The fourth-order valence-corrected chi connectivity index (χ4v) is 3.68. The Bertz CT molecular complexity index is 989. The van der Waals surface area contributed by atoms with E-state index < -0.39 is 0 Å². The number of aryl methyl sites for hydroxylation is 1. The largest absolute Gasteiger partial charge is 0.484 e. The van der Waals surface area contributed by atoms with Gasteiger partial charge in [-0.25, -0.2) is 0 Å². The molecule has 7 nitrogen and oxygen atoms in total. The number of aromatic nitrogens is 2. The summed E-state index contributed by atoms with van der Waals surface area (Å²) < 4.78 is 16.7. The summed E-state index contributed by atoms with van der Waals surface area (Å²) in [7, 11) is 0. The van der Waals surface area contributed by atoms with Gasteiger partial charge < -0.3 is 18.9 Å². The third-order valence-electron chi connectivity index (χ3n) is 5.31. The maximum Gasteiger partial charge on any atom is 0.260 e. The molecule has 0 bridgehead atoms. The number of carbonyl (C=O) groups is 1. The number of piperidine rings is 1. The highest BCUT2D eigenvalue weighted by atomic mass is 16.5. The van der Waals surface area contributed by atoms with Gasteiger partial charge in [0.05, 0.1) is 6.61 Å². The number of hydrogen-bond donors (Lipinski definition) is 0. The first-order valence-electron chi connectivity index (χ1n) is 10.6. The van der Waals surface area contributed by atoms with Crippen LogP contribution in [0.3, 0.4) is 0 Å². The summed E-state index contributed by atoms with van der Waals surface area (Å²) in [4.78, 5) is 18.9. The number of amides is 1. The van der Waals surface area contributed by atoms with Crippen LogP contribution in [-0.2, 0) is 22.7 Å². The number of rotatable bonds is 8. The molecule has 1 amide bonds. The standard InChI is InChI=1S/C24H27N3O4/c1-18-7-5-11-21(13-18)30-17-23(28)27-12-6-10-20(14-27)24-25-22(31-26-24)16-29-15-19-8-3-2-4-9-19/h2-5,7-9,11,13,20H,6,10,12,14-17H2,1H3. The molecule has 1 aromatic heterocycles. The lowest BCUT2D eigenvalue weighted by Gasteiger charge is -2.31. The van der Waals surface area contributed by atoms with E-state index in [1.54, 1.807) is 0 Å². The van der Waals surface area contributed by atoms with E-state index >= 15 is 0 Å². The summed E-state index contributed by atoms with van der Waals surface area (Å²) in [6.07, 6.45) is 1.82. The minimum absolute atomic E-state index is 0.0267. The quantitative estimate of drug-likeness (QED) is 0.549. The highest BCUT2D eigenvalue weighted by Gasteiger charge is 2.28. The van der Waals surface area contributed by atoms with Crippen molar-refractivity contribution in [2.45, 2.75) is 38.9 Å². The number of likely N-dealkylation sites (tertiary alicyclic amines) is 1. The first kappa shape index (κ1) is 21.1. The predicted octanol–water partition coefficient (Wildman–Crippen LogP) is 3.88. The van der Waals surface area contributed by atoms with Crippen LogP contribution in [0.2, 0.25) is 0 Å². The van der Waals surface area contributed by atoms with Crippen molar-refractivity contribution in [1.82, 2.24) is 15.0 Å². The monoisotopic (exact) mass is 421 g/mol. The van der Waals surface area contributed by atoms with Gasteiger partial charge in [0.25, 0.3) is 11.8 Å². The minimum Gasteiger partial charge on any atom is -0.484 e. The van der Waals surface area contributed by atoms with E-state index in [2.05, 4.69) is 10.1 Å². The molecule has 1 aliphatic heterocycles. The lowest BCUT2D eigenvalue weighted by atomic mass is 9.97. The van der Waals surface area contributed by atoms with E-state index in [1.807, 2.05) is 66.4 Å². The third kappa shape index (κ3) is 5.92. The Morgan fingerprint density at radius 3 is 2.87 bits per heavy atom. The molecule has 1 fully saturated rings. The van der Waals surface area contributed by atoms with Crippen LogP contribution in [0.15, 0.2) is 59.1 Å². The van der Waals surface area contributed by atoms with Crippen molar-refractivity contribution in [3.63, 3.8) is 0 Å². The number of nitrogens with zero attached hydrogens (tertiary/aromatic N) is 3. The molecule has 1 atom stereocenters. The van der Waals surface area contributed by atoms with Crippen molar-refractivity contribution < 1.29 is 18.8 Å². The van der Waals surface area contributed by atoms with Crippen molar-refractivity contribution in [3.05, 3.63) is 77.4 Å². The zero-order chi connectivity index (χ0) is 21.5. The highest BCUT2D eigenvalue weighted by Crippen LogP contribution is 2.25. The topological polar surface area (TPSA) is 77.7 Å². The molecule has 0 N–H and O–H groups in total. The third-order valence-corrected chi connectivity index (χ3v) is 5.31. The summed E-state index contributed by atoms with van der Waals surface area (Å²) >= 11 is 0. The van der Waals surface area contributed by atoms with Gasteiger partial charge in [-0.05, 0) is 43.0 Å². The van der Waals surface area contributed by atoms with Gasteiger partial charge >= 0.3 is 0 Å². The zero-order valence-corrected chi connectivity index (χ0v) is 17.7. The van der Waals surface area contributed by atoms with Crippen LogP contribution in [0.1, 0.15) is 41.6 Å². The predicted molar refractivity (Wildman–Crippen MR) is 114 cm³/mol. The summed E-state index contributed by atoms with van der Waals surface area (Å²) in [5, 5.41) is 4.13. The fourth-order valence-electron chi connectivity index (χ4n) is 3.68. The number of benzene rings is 2. The maximum absolute atomic E-state index is 12.6. The van der Waals surface area contributed by atoms with E-state index in [1.165, 1.54) is 0 Å². The van der Waals surface area contributed by atoms with Gasteiger partial charge in [-0.3, -0.25) is 4.79 Å². The lowest BCUT2D eigenvalue weighted by Crippen LogP contribution is -2.41. The SMILES string of the molecule is Cc1cccc(OCC(=O)N2CCCC(c3noc(COCc4ccccc4)n3)C2)c1. The Morgan fingerprint density at radius 1 is 1.16 bits per heavy atom. The van der Waals surface area contributed by atoms with Gasteiger partial charge in [-0.15, -0.1) is 0 Å². The average Bonchev–Trinajstić information content (AvgIpc) is 3.27. The van der Waals surface area contributed by atoms with Gasteiger partial charge in [-0.2, -0.15) is 4.98 Å². The fraction of sp³-hybridized carbons (Fsp3) is 0.375. The lowest BCUT2D eigenvalue weighted by molar-refractivity contribution is -0.134. The Labute approximate surface area is 182 Å². The molecule has 2 aromatic carbocycles. The van der Waals surface area contributed by atoms with Crippen LogP contribution in [0.4, 0.5) is 0 Å². The Hall–Kier alpha value is -3.19. The van der Waals surface area contributed by atoms with Crippen molar-refractivity contribution in [2.24, 2.45) is 0 Å². The smallest absolute Gasteiger partial charge is 0.260 e. The summed E-state index contributed by atoms with van der Waals surface area (Å²) in [5.74, 6) is 1.83. The maximum atomic E-state index is 12.6. The normalized spacial score (nSPS) is 16.3. The van der Waals surface area contributed by atoms with Crippen LogP contribution in [0.25, 0.3) is 0 Å². The molecular weight excluding hydrogens is 394 g/mol. The summed E-state index contributed by atoms with van der Waals surface area (Å²) in [5.41, 5.74) is 2.19.